The third kappa shape index (κ3) is 18.9. The Hall–Kier alpha value is 2.21. The Labute approximate surface area is 122 Å². The zero-order chi connectivity index (χ0) is 7.49. The van der Waals surface area contributed by atoms with Crippen LogP contribution in [0, 0.1) is 31.6 Å². The topological polar surface area (TPSA) is 0 Å². The van der Waals surface area contributed by atoms with E-state index in [4.69, 9.17) is 0 Å². The van der Waals surface area contributed by atoms with Gasteiger partial charge in [-0.2, -0.15) is 5.41 Å². The number of hydrogen-bond donors (Lipinski definition) is 0. The van der Waals surface area contributed by atoms with Crippen LogP contribution in [-0.2, 0) is 65.4 Å². The fraction of sp³-hybridized carbons (Fsp3) is 0.667. The Morgan fingerprint density at radius 2 is 1.55 bits per heavy atom. The molecule has 0 saturated carbocycles. The molecule has 0 amide bonds. The summed E-state index contributed by atoms with van der Waals surface area (Å²) in [7, 11) is 0. The largest absolute Gasteiger partial charge is 0.372 e. The van der Waals surface area contributed by atoms with Crippen LogP contribution in [0.15, 0.2) is 0 Å². The summed E-state index contributed by atoms with van der Waals surface area (Å²) in [5.74, 6) is 0.309. The Balaban J connectivity index is -0.000000320. The van der Waals surface area contributed by atoms with Crippen molar-refractivity contribution in [3.05, 3.63) is 20.3 Å². The van der Waals surface area contributed by atoms with Gasteiger partial charge in [0.1, 0.15) is 0 Å². The van der Waals surface area contributed by atoms with E-state index in [0.717, 1.165) is 6.42 Å². The minimum absolute atomic E-state index is 0. The van der Waals surface area contributed by atoms with Crippen molar-refractivity contribution in [2.75, 3.05) is 0 Å². The molecule has 62 valence electrons. The summed E-state index contributed by atoms with van der Waals surface area (Å²) < 4.78 is 0. The van der Waals surface area contributed by atoms with Gasteiger partial charge in [0.25, 0.3) is 0 Å². The smallest absolute Gasteiger partial charge is 0 e. The summed E-state index contributed by atoms with van der Waals surface area (Å²) in [4.78, 5) is 0. The molecule has 0 unspecified atom stereocenters. The van der Waals surface area contributed by atoms with Gasteiger partial charge in [-0.1, -0.05) is 20.8 Å². The van der Waals surface area contributed by atoms with Crippen LogP contribution in [0.2, 0.25) is 0 Å². The molecule has 0 saturated heterocycles. The molecule has 0 aliphatic heterocycles. The van der Waals surface area contributed by atoms with Crippen molar-refractivity contribution in [1.29, 1.82) is 0 Å². The van der Waals surface area contributed by atoms with Crippen molar-refractivity contribution in [3.63, 3.8) is 0 Å². The maximum atomic E-state index is 3.80. The molecule has 0 heterocycles. The van der Waals surface area contributed by atoms with Gasteiger partial charge in [-0.3, -0.25) is 0 Å². The molecule has 0 nitrogen and oxygen atoms in total. The first-order valence-corrected chi connectivity index (χ1v) is 3.42. The van der Waals surface area contributed by atoms with Crippen LogP contribution in [0.3, 0.4) is 0 Å². The minimum atomic E-state index is 0. The molecule has 0 rings (SSSR count). The van der Waals surface area contributed by atoms with E-state index in [1.807, 2.05) is 0 Å². The van der Waals surface area contributed by atoms with Gasteiger partial charge in [0.2, 0.25) is 0 Å². The fourth-order valence-electron chi connectivity index (χ4n) is 0.520. The summed E-state index contributed by atoms with van der Waals surface area (Å²) in [5.41, 5.74) is 0.327. The Morgan fingerprint density at radius 1 is 1.18 bits per heavy atom. The third-order valence-corrected chi connectivity index (χ3v) is 1.06. The molecule has 0 atom stereocenters. The van der Waals surface area contributed by atoms with Gasteiger partial charge < -0.3 is 26.2 Å². The van der Waals surface area contributed by atoms with Crippen molar-refractivity contribution >= 4 is 0 Å². The van der Waals surface area contributed by atoms with E-state index in [1.165, 1.54) is 0 Å². The molecule has 0 aliphatic rings. The van der Waals surface area contributed by atoms with Gasteiger partial charge in [-0.05, 0) is 0 Å². The molecule has 0 fully saturated rings. The van der Waals surface area contributed by atoms with E-state index in [2.05, 4.69) is 41.0 Å². The predicted octanol–water partition coefficient (Wildman–Crippen LogP) is 2.91. The Kier molecular flexibility index (Phi) is 15.1. The summed E-state index contributed by atoms with van der Waals surface area (Å²) in [5, 5.41) is 0. The van der Waals surface area contributed by atoms with E-state index in [9.17, 15) is 0 Å². The van der Waals surface area contributed by atoms with E-state index >= 15 is 0 Å². The average molecular weight is 303 g/mol. The van der Waals surface area contributed by atoms with Gasteiger partial charge >= 0.3 is 0 Å². The SMILES string of the molecule is [CH2-]C([CH2-])C[CH-]C(C)(C)C.[Y].[Y]. The van der Waals surface area contributed by atoms with Crippen molar-refractivity contribution in [1.82, 2.24) is 0 Å². The molecular weight excluding hydrogens is 286 g/mol. The standard InChI is InChI=1S/C9H17.2Y/c1-8(2)6-7-9(3,4)5;;/h7-8H,1-2,6H2,3-5H3;;/q-3;;. The summed E-state index contributed by atoms with van der Waals surface area (Å²) in [6.07, 6.45) is 3.28. The minimum Gasteiger partial charge on any atom is -0.372 e. The molecule has 0 aliphatic carbocycles. The van der Waals surface area contributed by atoms with Gasteiger partial charge in [0.05, 0.1) is 0 Å². The maximum Gasteiger partial charge on any atom is 0 e. The molecule has 2 heteroatoms. The van der Waals surface area contributed by atoms with Gasteiger partial charge in [-0.15, -0.1) is 0 Å². The molecule has 0 aromatic rings. The first-order valence-electron chi connectivity index (χ1n) is 3.42. The van der Waals surface area contributed by atoms with Gasteiger partial charge in [-0.25, -0.2) is 6.42 Å². The normalized spacial score (nSPS) is 10.4. The van der Waals surface area contributed by atoms with E-state index < -0.39 is 0 Å². The van der Waals surface area contributed by atoms with Crippen LogP contribution >= 0.6 is 0 Å². The average Bonchev–Trinajstić information content (AvgIpc) is 1.59. The van der Waals surface area contributed by atoms with Crippen LogP contribution in [0.25, 0.3) is 0 Å². The van der Waals surface area contributed by atoms with Crippen molar-refractivity contribution in [2.24, 2.45) is 11.3 Å². The second-order valence-electron chi connectivity index (χ2n) is 3.67. The van der Waals surface area contributed by atoms with Crippen LogP contribution in [0.4, 0.5) is 0 Å². The molecule has 0 N–H and O–H groups in total. The van der Waals surface area contributed by atoms with E-state index in [0.29, 0.717) is 11.3 Å². The summed E-state index contributed by atoms with van der Waals surface area (Å²) >= 11 is 0. The molecule has 0 aromatic carbocycles. The maximum absolute atomic E-state index is 3.80. The molecule has 11 heavy (non-hydrogen) atoms. The van der Waals surface area contributed by atoms with E-state index in [1.54, 1.807) is 0 Å². The fourth-order valence-corrected chi connectivity index (χ4v) is 0.520. The Bertz CT molecular complexity index is 72.1. The second kappa shape index (κ2) is 8.79. The number of rotatable bonds is 2. The first-order chi connectivity index (χ1) is 3.92. The molecule has 0 bridgehead atoms. The summed E-state index contributed by atoms with van der Waals surface area (Å²) in [6.45, 7) is 14.2. The van der Waals surface area contributed by atoms with Gasteiger partial charge in [0, 0.05) is 65.4 Å². The predicted molar refractivity (Wildman–Crippen MR) is 42.6 cm³/mol. The summed E-state index contributed by atoms with van der Waals surface area (Å²) in [6, 6.07) is 0. The van der Waals surface area contributed by atoms with Crippen molar-refractivity contribution in [3.8, 4) is 0 Å². The van der Waals surface area contributed by atoms with Crippen LogP contribution in [0.5, 0.6) is 0 Å². The second-order valence-corrected chi connectivity index (χ2v) is 3.67. The van der Waals surface area contributed by atoms with Crippen LogP contribution in [0.1, 0.15) is 27.2 Å². The quantitative estimate of drug-likeness (QED) is 0.688. The Morgan fingerprint density at radius 3 is 1.64 bits per heavy atom. The van der Waals surface area contributed by atoms with Gasteiger partial charge in [0.15, 0.2) is 0 Å². The zero-order valence-corrected chi connectivity index (χ0v) is 13.6. The molecule has 0 aromatic heterocycles. The first kappa shape index (κ1) is 18.9. The number of hydrogen-bond acceptors (Lipinski definition) is 0. The van der Waals surface area contributed by atoms with Crippen molar-refractivity contribution in [2.45, 2.75) is 27.2 Å². The monoisotopic (exact) mass is 303 g/mol. The van der Waals surface area contributed by atoms with Crippen LogP contribution in [-0.4, -0.2) is 0 Å². The van der Waals surface area contributed by atoms with E-state index in [-0.39, 0.29) is 65.4 Å². The van der Waals surface area contributed by atoms with Crippen LogP contribution < -0.4 is 0 Å². The zero-order valence-electron chi connectivity index (χ0n) is 7.93. The van der Waals surface area contributed by atoms with Crippen molar-refractivity contribution < 1.29 is 65.4 Å². The molecule has 0 spiro atoms. The molecular formula is C9H17Y2-3. The third-order valence-electron chi connectivity index (χ3n) is 1.06. The molecule has 2 radical (unpaired) electrons.